The van der Waals surface area contributed by atoms with E-state index in [1.807, 2.05) is 19.9 Å². The van der Waals surface area contributed by atoms with Gasteiger partial charge in [-0.05, 0) is 38.3 Å². The van der Waals surface area contributed by atoms with Gasteiger partial charge < -0.3 is 10.9 Å². The first kappa shape index (κ1) is 14.2. The third-order valence-corrected chi connectivity index (χ3v) is 4.83. The number of nitrogens with zero attached hydrogens (tertiary/aromatic N) is 2. The Morgan fingerprint density at radius 2 is 2.05 bits per heavy atom. The van der Waals surface area contributed by atoms with Crippen molar-refractivity contribution in [3.63, 3.8) is 0 Å². The predicted octanol–water partition coefficient (Wildman–Crippen LogP) is 3.22. The van der Waals surface area contributed by atoms with E-state index in [9.17, 15) is 0 Å². The molecule has 1 heterocycles. The van der Waals surface area contributed by atoms with Crippen molar-refractivity contribution in [2.45, 2.75) is 56.2 Å². The summed E-state index contributed by atoms with van der Waals surface area (Å²) in [6.07, 6.45) is 6.39. The molecule has 0 aliphatic heterocycles. The summed E-state index contributed by atoms with van der Waals surface area (Å²) >= 11 is 1.78. The zero-order valence-corrected chi connectivity index (χ0v) is 12.3. The molecule has 0 amide bonds. The van der Waals surface area contributed by atoms with Gasteiger partial charge in [0.1, 0.15) is 5.03 Å². The smallest absolute Gasteiger partial charge is 0.173 e. The van der Waals surface area contributed by atoms with E-state index in [1.54, 1.807) is 11.8 Å². The minimum Gasteiger partial charge on any atom is -0.409 e. The summed E-state index contributed by atoms with van der Waals surface area (Å²) in [6.45, 7) is 3.96. The van der Waals surface area contributed by atoms with Crippen LogP contribution < -0.4 is 5.73 Å². The summed E-state index contributed by atoms with van der Waals surface area (Å²) in [5.41, 5.74) is 8.57. The van der Waals surface area contributed by atoms with Crippen molar-refractivity contribution in [1.82, 2.24) is 4.98 Å². The molecule has 1 saturated carbocycles. The van der Waals surface area contributed by atoms with E-state index in [0.29, 0.717) is 5.25 Å². The highest BCUT2D eigenvalue weighted by molar-refractivity contribution is 7.99. The summed E-state index contributed by atoms with van der Waals surface area (Å²) in [5, 5.41) is 13.6. The molecule has 104 valence electrons. The zero-order valence-electron chi connectivity index (χ0n) is 11.5. The highest BCUT2D eigenvalue weighted by Crippen LogP contribution is 2.35. The Bertz CT molecular complexity index is 482. The first-order chi connectivity index (χ1) is 9.11. The summed E-state index contributed by atoms with van der Waals surface area (Å²) in [4.78, 5) is 4.59. The number of aryl methyl sites for hydroxylation is 2. The number of nitrogens with two attached hydrogens (primary N) is 1. The average molecular weight is 279 g/mol. The van der Waals surface area contributed by atoms with Crippen LogP contribution in [0.5, 0.6) is 0 Å². The van der Waals surface area contributed by atoms with Gasteiger partial charge in [-0.25, -0.2) is 4.98 Å². The van der Waals surface area contributed by atoms with Gasteiger partial charge in [0.05, 0.1) is 5.56 Å². The highest BCUT2D eigenvalue weighted by atomic mass is 32.2. The number of aromatic nitrogens is 1. The maximum Gasteiger partial charge on any atom is 0.173 e. The van der Waals surface area contributed by atoms with Crippen LogP contribution in [0.25, 0.3) is 0 Å². The zero-order chi connectivity index (χ0) is 13.8. The Kier molecular flexibility index (Phi) is 4.69. The molecule has 0 aromatic carbocycles. The Balaban J connectivity index is 2.31. The lowest BCUT2D eigenvalue weighted by Crippen LogP contribution is -2.18. The molecule has 1 fully saturated rings. The lowest BCUT2D eigenvalue weighted by atomic mass is 10.0. The molecule has 0 atom stereocenters. The van der Waals surface area contributed by atoms with Crippen LogP contribution in [0.4, 0.5) is 0 Å². The van der Waals surface area contributed by atoms with E-state index in [-0.39, 0.29) is 5.84 Å². The molecule has 3 N–H and O–H groups in total. The second-order valence-electron chi connectivity index (χ2n) is 5.12. The fraction of sp³-hybridized carbons (Fsp3) is 0.571. The summed E-state index contributed by atoms with van der Waals surface area (Å²) < 4.78 is 0. The number of rotatable bonds is 3. The predicted molar refractivity (Wildman–Crippen MR) is 79.0 cm³/mol. The van der Waals surface area contributed by atoms with Crippen molar-refractivity contribution in [3.05, 3.63) is 22.9 Å². The minimum absolute atomic E-state index is 0.156. The number of hydrogen-bond donors (Lipinski definition) is 2. The van der Waals surface area contributed by atoms with Gasteiger partial charge in [-0.3, -0.25) is 0 Å². The maximum absolute atomic E-state index is 8.94. The Morgan fingerprint density at radius 1 is 1.37 bits per heavy atom. The van der Waals surface area contributed by atoms with Crippen molar-refractivity contribution >= 4 is 17.6 Å². The number of pyridine rings is 1. The monoisotopic (exact) mass is 279 g/mol. The quantitative estimate of drug-likeness (QED) is 0.386. The number of thioether (sulfide) groups is 1. The number of amidine groups is 1. The Morgan fingerprint density at radius 3 is 2.68 bits per heavy atom. The molecule has 1 aliphatic rings. The first-order valence-corrected chi connectivity index (χ1v) is 7.62. The lowest BCUT2D eigenvalue weighted by Gasteiger charge is -2.22. The van der Waals surface area contributed by atoms with Crippen molar-refractivity contribution < 1.29 is 5.21 Å². The van der Waals surface area contributed by atoms with E-state index >= 15 is 0 Å². The lowest BCUT2D eigenvalue weighted by molar-refractivity contribution is 0.318. The Labute approximate surface area is 118 Å². The van der Waals surface area contributed by atoms with Crippen LogP contribution in [0.15, 0.2) is 16.2 Å². The molecule has 5 heteroatoms. The first-order valence-electron chi connectivity index (χ1n) is 6.74. The molecule has 0 bridgehead atoms. The molecular weight excluding hydrogens is 258 g/mol. The maximum atomic E-state index is 8.94. The average Bonchev–Trinajstić information content (AvgIpc) is 2.38. The standard InChI is InChI=1S/C14H21N3OS/c1-9-8-10(2)16-14(12(9)13(15)17-18)19-11-6-4-3-5-7-11/h8,11,18H,3-7H2,1-2H3,(H2,15,17). The fourth-order valence-electron chi connectivity index (χ4n) is 2.59. The molecule has 0 saturated heterocycles. The van der Waals surface area contributed by atoms with Gasteiger partial charge in [0.2, 0.25) is 0 Å². The molecular formula is C14H21N3OS. The van der Waals surface area contributed by atoms with Crippen molar-refractivity contribution in [1.29, 1.82) is 0 Å². The van der Waals surface area contributed by atoms with Crippen LogP contribution in [0.3, 0.4) is 0 Å². The van der Waals surface area contributed by atoms with Crippen LogP contribution in [-0.4, -0.2) is 21.3 Å². The van der Waals surface area contributed by atoms with Gasteiger partial charge in [0.25, 0.3) is 0 Å². The van der Waals surface area contributed by atoms with Crippen LogP contribution in [-0.2, 0) is 0 Å². The molecule has 0 unspecified atom stereocenters. The summed E-state index contributed by atoms with van der Waals surface area (Å²) in [7, 11) is 0. The third-order valence-electron chi connectivity index (χ3n) is 3.51. The summed E-state index contributed by atoms with van der Waals surface area (Å²) in [6, 6.07) is 1.97. The van der Waals surface area contributed by atoms with E-state index in [0.717, 1.165) is 21.8 Å². The number of oxime groups is 1. The van der Waals surface area contributed by atoms with Gasteiger partial charge in [-0.2, -0.15) is 0 Å². The molecule has 0 radical (unpaired) electrons. The third kappa shape index (κ3) is 3.41. The highest BCUT2D eigenvalue weighted by Gasteiger charge is 2.20. The molecule has 19 heavy (non-hydrogen) atoms. The van der Waals surface area contributed by atoms with Crippen LogP contribution >= 0.6 is 11.8 Å². The van der Waals surface area contributed by atoms with Crippen LogP contribution in [0.1, 0.15) is 48.9 Å². The van der Waals surface area contributed by atoms with Gasteiger partial charge in [-0.15, -0.1) is 11.8 Å². The van der Waals surface area contributed by atoms with Crippen LogP contribution in [0.2, 0.25) is 0 Å². The topological polar surface area (TPSA) is 71.5 Å². The molecule has 2 rings (SSSR count). The van der Waals surface area contributed by atoms with E-state index in [4.69, 9.17) is 10.9 Å². The molecule has 0 spiro atoms. The van der Waals surface area contributed by atoms with E-state index in [2.05, 4.69) is 10.1 Å². The van der Waals surface area contributed by atoms with E-state index in [1.165, 1.54) is 32.1 Å². The van der Waals surface area contributed by atoms with Gasteiger partial charge in [-0.1, -0.05) is 24.4 Å². The number of hydrogen-bond acceptors (Lipinski definition) is 4. The van der Waals surface area contributed by atoms with Crippen molar-refractivity contribution in [3.8, 4) is 0 Å². The molecule has 1 aliphatic carbocycles. The van der Waals surface area contributed by atoms with Crippen LogP contribution in [0, 0.1) is 13.8 Å². The van der Waals surface area contributed by atoms with Gasteiger partial charge >= 0.3 is 0 Å². The largest absolute Gasteiger partial charge is 0.409 e. The second-order valence-corrected chi connectivity index (χ2v) is 6.41. The fourth-order valence-corrected chi connectivity index (χ4v) is 4.06. The minimum atomic E-state index is 0.156. The molecule has 1 aromatic heterocycles. The van der Waals surface area contributed by atoms with Gasteiger partial charge in [0, 0.05) is 10.9 Å². The molecule has 1 aromatic rings. The second kappa shape index (κ2) is 6.28. The SMILES string of the molecule is Cc1cc(C)c(C(N)=NO)c(SC2CCCCC2)n1. The normalized spacial score (nSPS) is 17.7. The van der Waals surface area contributed by atoms with E-state index < -0.39 is 0 Å². The van der Waals surface area contributed by atoms with Crippen molar-refractivity contribution in [2.24, 2.45) is 10.9 Å². The molecule has 4 nitrogen and oxygen atoms in total. The van der Waals surface area contributed by atoms with Crippen molar-refractivity contribution in [2.75, 3.05) is 0 Å². The Hall–Kier alpha value is -1.23. The van der Waals surface area contributed by atoms with Gasteiger partial charge in [0.15, 0.2) is 5.84 Å². The summed E-state index contributed by atoms with van der Waals surface area (Å²) in [5.74, 6) is 0.156.